The smallest absolute Gasteiger partial charge is 0.324 e. The second-order valence-electron chi connectivity index (χ2n) is 8.39. The van der Waals surface area contributed by atoms with Gasteiger partial charge in [-0.05, 0) is 49.7 Å². The lowest BCUT2D eigenvalue weighted by Crippen LogP contribution is -2.42. The molecule has 0 spiro atoms. The minimum absolute atomic E-state index is 0.386. The number of nitrogens with zero attached hydrogens (tertiary/aromatic N) is 3. The minimum atomic E-state index is -1.21. The van der Waals surface area contributed by atoms with E-state index in [2.05, 4.69) is 15.6 Å². The van der Waals surface area contributed by atoms with Crippen LogP contribution >= 0.6 is 0 Å². The number of rotatable bonds is 5. The molecule has 4 aromatic rings. The van der Waals surface area contributed by atoms with Gasteiger partial charge >= 0.3 is 6.03 Å². The first-order valence-corrected chi connectivity index (χ1v) is 10.9. The number of aromatic nitrogens is 2. The van der Waals surface area contributed by atoms with E-state index in [4.69, 9.17) is 0 Å². The highest BCUT2D eigenvalue weighted by atomic mass is 16.2. The average molecular weight is 454 g/mol. The van der Waals surface area contributed by atoms with Gasteiger partial charge in [0.05, 0.1) is 11.0 Å². The Balaban J connectivity index is 1.33. The molecular formula is C26H23N5O3. The second kappa shape index (κ2) is 8.15. The predicted molar refractivity (Wildman–Crippen MR) is 128 cm³/mol. The molecule has 0 unspecified atom stereocenters. The molecule has 1 fully saturated rings. The number of hydrogen-bond acceptors (Lipinski definition) is 4. The van der Waals surface area contributed by atoms with Gasteiger partial charge in [-0.2, -0.15) is 0 Å². The summed E-state index contributed by atoms with van der Waals surface area (Å²) in [5.74, 6) is -0.116. The Morgan fingerprint density at radius 3 is 2.38 bits per heavy atom. The number of aryl methyl sites for hydroxylation is 1. The molecule has 8 heteroatoms. The summed E-state index contributed by atoms with van der Waals surface area (Å²) >= 11 is 0. The summed E-state index contributed by atoms with van der Waals surface area (Å²) in [7, 11) is 0. The maximum absolute atomic E-state index is 13.0. The van der Waals surface area contributed by atoms with Gasteiger partial charge in [-0.25, -0.2) is 9.78 Å². The third-order valence-electron chi connectivity index (χ3n) is 6.05. The SMILES string of the molecule is Cc1nc2cc(NC(=O)CN3C(=O)N[C@](C)(c4ccccc4)C3=O)ccc2n1-c1ccccc1. The molecule has 0 aliphatic carbocycles. The van der Waals surface area contributed by atoms with Crippen molar-refractivity contribution < 1.29 is 14.4 Å². The van der Waals surface area contributed by atoms with Crippen LogP contribution in [0.15, 0.2) is 78.9 Å². The molecule has 1 atom stereocenters. The van der Waals surface area contributed by atoms with Gasteiger partial charge < -0.3 is 10.6 Å². The maximum atomic E-state index is 13.0. The number of carbonyl (C=O) groups is 3. The van der Waals surface area contributed by atoms with Crippen LogP contribution in [0.3, 0.4) is 0 Å². The fourth-order valence-electron chi connectivity index (χ4n) is 4.33. The quantitative estimate of drug-likeness (QED) is 0.450. The van der Waals surface area contributed by atoms with Gasteiger partial charge in [0.2, 0.25) is 5.91 Å². The summed E-state index contributed by atoms with van der Waals surface area (Å²) in [6.45, 7) is 3.18. The van der Waals surface area contributed by atoms with Crippen LogP contribution in [0.1, 0.15) is 18.3 Å². The molecule has 1 aliphatic rings. The van der Waals surface area contributed by atoms with Crippen molar-refractivity contribution in [2.45, 2.75) is 19.4 Å². The van der Waals surface area contributed by atoms with Gasteiger partial charge in [0.1, 0.15) is 17.9 Å². The summed E-state index contributed by atoms with van der Waals surface area (Å²) in [4.78, 5) is 43.8. The van der Waals surface area contributed by atoms with E-state index in [0.717, 1.165) is 27.4 Å². The Morgan fingerprint density at radius 1 is 1.00 bits per heavy atom. The van der Waals surface area contributed by atoms with Gasteiger partial charge in [0.25, 0.3) is 5.91 Å². The Labute approximate surface area is 196 Å². The van der Waals surface area contributed by atoms with E-state index in [1.165, 1.54) is 0 Å². The molecule has 170 valence electrons. The van der Waals surface area contributed by atoms with Crippen LogP contribution in [-0.2, 0) is 15.1 Å². The third kappa shape index (κ3) is 3.59. The molecule has 5 rings (SSSR count). The number of amides is 4. The highest BCUT2D eigenvalue weighted by Gasteiger charge is 2.49. The largest absolute Gasteiger partial charge is 0.325 e. The zero-order valence-corrected chi connectivity index (χ0v) is 18.8. The zero-order chi connectivity index (χ0) is 23.9. The second-order valence-corrected chi connectivity index (χ2v) is 8.39. The van der Waals surface area contributed by atoms with E-state index in [1.807, 2.05) is 54.0 Å². The van der Waals surface area contributed by atoms with E-state index < -0.39 is 23.4 Å². The number of nitrogens with one attached hydrogen (secondary N) is 2. The van der Waals surface area contributed by atoms with Gasteiger partial charge in [-0.15, -0.1) is 0 Å². The normalized spacial score (nSPS) is 17.8. The van der Waals surface area contributed by atoms with E-state index in [1.54, 1.807) is 43.3 Å². The number of hydrogen-bond donors (Lipinski definition) is 2. The van der Waals surface area contributed by atoms with E-state index in [-0.39, 0.29) is 6.54 Å². The fourth-order valence-corrected chi connectivity index (χ4v) is 4.33. The molecule has 34 heavy (non-hydrogen) atoms. The molecule has 4 amide bonds. The van der Waals surface area contributed by atoms with Crippen LogP contribution in [0.25, 0.3) is 16.7 Å². The molecule has 2 N–H and O–H groups in total. The number of benzene rings is 3. The van der Waals surface area contributed by atoms with E-state index in [0.29, 0.717) is 11.3 Å². The number of urea groups is 1. The van der Waals surface area contributed by atoms with Gasteiger partial charge in [-0.1, -0.05) is 48.5 Å². The Hall–Kier alpha value is -4.46. The molecule has 0 bridgehead atoms. The van der Waals surface area contributed by atoms with Crippen LogP contribution in [-0.4, -0.2) is 38.8 Å². The van der Waals surface area contributed by atoms with Crippen molar-refractivity contribution in [1.29, 1.82) is 0 Å². The van der Waals surface area contributed by atoms with Crippen molar-refractivity contribution >= 4 is 34.6 Å². The summed E-state index contributed by atoms with van der Waals surface area (Å²) in [5, 5.41) is 5.48. The number of para-hydroxylation sites is 1. The number of imidazole rings is 1. The minimum Gasteiger partial charge on any atom is -0.324 e. The fraction of sp³-hybridized carbons (Fsp3) is 0.154. The van der Waals surface area contributed by atoms with Crippen molar-refractivity contribution in [1.82, 2.24) is 19.8 Å². The molecule has 1 aromatic heterocycles. The lowest BCUT2D eigenvalue weighted by molar-refractivity contribution is -0.133. The number of fused-ring (bicyclic) bond motifs is 1. The van der Waals surface area contributed by atoms with Gasteiger partial charge in [0.15, 0.2) is 0 Å². The summed E-state index contributed by atoms with van der Waals surface area (Å²) in [6, 6.07) is 23.7. The van der Waals surface area contributed by atoms with Crippen LogP contribution in [0, 0.1) is 6.92 Å². The predicted octanol–water partition coefficient (Wildman–Crippen LogP) is 3.74. The van der Waals surface area contributed by atoms with Crippen LogP contribution in [0.2, 0.25) is 0 Å². The molecule has 2 heterocycles. The third-order valence-corrected chi connectivity index (χ3v) is 6.05. The summed E-state index contributed by atoms with van der Waals surface area (Å²) < 4.78 is 2.04. The van der Waals surface area contributed by atoms with Crippen molar-refractivity contribution in [3.8, 4) is 5.69 Å². The van der Waals surface area contributed by atoms with Crippen molar-refractivity contribution in [2.75, 3.05) is 11.9 Å². The number of imide groups is 1. The van der Waals surface area contributed by atoms with Crippen LogP contribution < -0.4 is 10.6 Å². The van der Waals surface area contributed by atoms with Crippen LogP contribution in [0.5, 0.6) is 0 Å². The van der Waals surface area contributed by atoms with Gasteiger partial charge in [-0.3, -0.25) is 19.1 Å². The molecule has 8 nitrogen and oxygen atoms in total. The first-order valence-electron chi connectivity index (χ1n) is 10.9. The molecule has 1 saturated heterocycles. The summed E-state index contributed by atoms with van der Waals surface area (Å²) in [5.41, 5.74) is 2.62. The zero-order valence-electron chi connectivity index (χ0n) is 18.8. The Morgan fingerprint density at radius 2 is 1.68 bits per heavy atom. The Bertz CT molecular complexity index is 1410. The first kappa shape index (κ1) is 21.4. The van der Waals surface area contributed by atoms with Crippen LogP contribution in [0.4, 0.5) is 10.5 Å². The standard InChI is InChI=1S/C26H23N5O3/c1-17-27-21-15-19(13-14-22(21)31(17)20-11-7-4-8-12-20)28-23(32)16-30-24(33)26(2,29-25(30)34)18-9-5-3-6-10-18/h3-15H,16H2,1-2H3,(H,28,32)(H,29,34)/t26-/m1/s1. The topological polar surface area (TPSA) is 96.3 Å². The lowest BCUT2D eigenvalue weighted by atomic mass is 9.92. The molecule has 0 radical (unpaired) electrons. The lowest BCUT2D eigenvalue weighted by Gasteiger charge is -2.22. The van der Waals surface area contributed by atoms with Crippen molar-refractivity contribution in [3.63, 3.8) is 0 Å². The van der Waals surface area contributed by atoms with Gasteiger partial charge in [0, 0.05) is 11.4 Å². The molecule has 3 aromatic carbocycles. The Kier molecular flexibility index (Phi) is 5.13. The van der Waals surface area contributed by atoms with E-state index in [9.17, 15) is 14.4 Å². The van der Waals surface area contributed by atoms with E-state index >= 15 is 0 Å². The first-order chi connectivity index (χ1) is 16.4. The average Bonchev–Trinajstić information content (AvgIpc) is 3.28. The summed E-state index contributed by atoms with van der Waals surface area (Å²) in [6.07, 6.45) is 0. The van der Waals surface area contributed by atoms with Crippen molar-refractivity contribution in [2.24, 2.45) is 0 Å². The molecule has 0 saturated carbocycles. The highest BCUT2D eigenvalue weighted by Crippen LogP contribution is 2.29. The number of carbonyl (C=O) groups excluding carboxylic acids is 3. The molecular weight excluding hydrogens is 430 g/mol. The maximum Gasteiger partial charge on any atom is 0.325 e. The monoisotopic (exact) mass is 453 g/mol. The highest BCUT2D eigenvalue weighted by molar-refractivity contribution is 6.10. The van der Waals surface area contributed by atoms with Crippen molar-refractivity contribution in [3.05, 3.63) is 90.3 Å². The number of anilines is 1. The molecule has 1 aliphatic heterocycles.